The molecule has 1 aromatic heterocycles. The van der Waals surface area contributed by atoms with Gasteiger partial charge in [-0.05, 0) is 29.6 Å². The van der Waals surface area contributed by atoms with Gasteiger partial charge in [-0.15, -0.1) is 11.3 Å². The van der Waals surface area contributed by atoms with Gasteiger partial charge in [0.1, 0.15) is 5.82 Å². The van der Waals surface area contributed by atoms with Crippen molar-refractivity contribution in [3.05, 3.63) is 51.4 Å². The van der Waals surface area contributed by atoms with Gasteiger partial charge < -0.3 is 10.6 Å². The molecular weight excluding hydrogens is 327 g/mol. The van der Waals surface area contributed by atoms with Gasteiger partial charge in [-0.1, -0.05) is 24.6 Å². The lowest BCUT2D eigenvalue weighted by atomic mass is 10.1. The van der Waals surface area contributed by atoms with Crippen LogP contribution in [0.3, 0.4) is 0 Å². The highest BCUT2D eigenvalue weighted by Crippen LogP contribution is 2.20. The molecule has 0 radical (unpaired) electrons. The summed E-state index contributed by atoms with van der Waals surface area (Å²) in [4.78, 5) is 24.6. The van der Waals surface area contributed by atoms with Gasteiger partial charge in [0, 0.05) is 23.0 Å². The Balaban J connectivity index is 1.86. The number of carbonyl (C=O) groups is 2. The molecule has 0 unspecified atom stereocenters. The van der Waals surface area contributed by atoms with Crippen molar-refractivity contribution in [2.75, 3.05) is 11.9 Å². The summed E-state index contributed by atoms with van der Waals surface area (Å²) in [7, 11) is 0. The van der Waals surface area contributed by atoms with E-state index in [1.807, 2.05) is 24.4 Å². The Bertz CT molecular complexity index is 676. The maximum Gasteiger partial charge on any atom is 0.313 e. The highest BCUT2D eigenvalue weighted by molar-refractivity contribution is 7.10. The van der Waals surface area contributed by atoms with Crippen LogP contribution in [0.25, 0.3) is 0 Å². The average Bonchev–Trinajstić information content (AvgIpc) is 3.02. The summed E-state index contributed by atoms with van der Waals surface area (Å²) in [5, 5.41) is 6.77. The van der Waals surface area contributed by atoms with E-state index in [4.69, 9.17) is 11.6 Å². The predicted molar refractivity (Wildman–Crippen MR) is 85.8 cm³/mol. The number of amides is 2. The second-order valence-electron chi connectivity index (χ2n) is 4.71. The normalized spacial score (nSPS) is 11.8. The third-order valence-electron chi connectivity index (χ3n) is 2.98. The molecule has 2 amide bonds. The molecule has 2 aromatic rings. The van der Waals surface area contributed by atoms with Crippen LogP contribution in [0, 0.1) is 5.82 Å². The topological polar surface area (TPSA) is 58.2 Å². The van der Waals surface area contributed by atoms with E-state index in [1.165, 1.54) is 12.1 Å². The first-order valence-corrected chi connectivity index (χ1v) is 7.80. The maximum absolute atomic E-state index is 13.0. The van der Waals surface area contributed by atoms with Gasteiger partial charge in [0.05, 0.1) is 5.02 Å². The van der Waals surface area contributed by atoms with E-state index < -0.39 is 17.6 Å². The summed E-state index contributed by atoms with van der Waals surface area (Å²) in [6.45, 7) is 2.32. The van der Waals surface area contributed by atoms with Gasteiger partial charge in [-0.2, -0.15) is 0 Å². The van der Waals surface area contributed by atoms with Gasteiger partial charge in [-0.25, -0.2) is 4.39 Å². The number of anilines is 1. The standard InChI is InChI=1S/C15H14ClFN2O2S/c1-9(13-3-2-6-22-13)8-18-14(20)15(21)19-10-4-5-12(17)11(16)7-10/h2-7,9H,8H2,1H3,(H,18,20)(H,19,21)/t9-/m1/s1. The Hall–Kier alpha value is -1.92. The molecule has 2 N–H and O–H groups in total. The number of nitrogens with one attached hydrogen (secondary N) is 2. The number of rotatable bonds is 4. The van der Waals surface area contributed by atoms with Crippen molar-refractivity contribution in [2.24, 2.45) is 0 Å². The fraction of sp³-hybridized carbons (Fsp3) is 0.200. The minimum atomic E-state index is -0.818. The summed E-state index contributed by atoms with van der Waals surface area (Å²) in [6.07, 6.45) is 0. The largest absolute Gasteiger partial charge is 0.347 e. The predicted octanol–water partition coefficient (Wildman–Crippen LogP) is 3.40. The number of hydrogen-bond acceptors (Lipinski definition) is 3. The number of thiophene rings is 1. The monoisotopic (exact) mass is 340 g/mol. The van der Waals surface area contributed by atoms with E-state index in [0.717, 1.165) is 10.9 Å². The zero-order chi connectivity index (χ0) is 16.1. The third-order valence-corrected chi connectivity index (χ3v) is 4.37. The highest BCUT2D eigenvalue weighted by atomic mass is 35.5. The second kappa shape index (κ2) is 7.38. The van der Waals surface area contributed by atoms with Crippen LogP contribution in [0.5, 0.6) is 0 Å². The fourth-order valence-corrected chi connectivity index (χ4v) is 2.73. The second-order valence-corrected chi connectivity index (χ2v) is 6.10. The Morgan fingerprint density at radius 2 is 2.09 bits per heavy atom. The molecule has 1 heterocycles. The number of hydrogen-bond donors (Lipinski definition) is 2. The minimum Gasteiger partial charge on any atom is -0.347 e. The van der Waals surface area contributed by atoms with Gasteiger partial charge in [0.15, 0.2) is 0 Å². The summed E-state index contributed by atoms with van der Waals surface area (Å²) in [5.41, 5.74) is 0.262. The summed E-state index contributed by atoms with van der Waals surface area (Å²) in [5.74, 6) is -2.03. The van der Waals surface area contributed by atoms with E-state index in [-0.39, 0.29) is 16.6 Å². The van der Waals surface area contributed by atoms with Crippen molar-refractivity contribution in [2.45, 2.75) is 12.8 Å². The molecule has 7 heteroatoms. The van der Waals surface area contributed by atoms with Crippen LogP contribution >= 0.6 is 22.9 Å². The van der Waals surface area contributed by atoms with E-state index in [0.29, 0.717) is 6.54 Å². The van der Waals surface area contributed by atoms with E-state index in [9.17, 15) is 14.0 Å². The lowest BCUT2D eigenvalue weighted by molar-refractivity contribution is -0.136. The van der Waals surface area contributed by atoms with E-state index in [1.54, 1.807) is 11.3 Å². The van der Waals surface area contributed by atoms with Crippen LogP contribution in [-0.2, 0) is 9.59 Å². The van der Waals surface area contributed by atoms with Crippen molar-refractivity contribution in [3.8, 4) is 0 Å². The fourth-order valence-electron chi connectivity index (χ4n) is 1.76. The molecule has 2 rings (SSSR count). The van der Waals surface area contributed by atoms with Crippen molar-refractivity contribution in [1.82, 2.24) is 5.32 Å². The summed E-state index contributed by atoms with van der Waals surface area (Å²) in [6, 6.07) is 7.61. The molecule has 1 atom stereocenters. The van der Waals surface area contributed by atoms with Gasteiger partial charge in [0.25, 0.3) is 0 Å². The summed E-state index contributed by atoms with van der Waals surface area (Å²) < 4.78 is 13.0. The Morgan fingerprint density at radius 3 is 2.73 bits per heavy atom. The third kappa shape index (κ3) is 4.29. The number of benzene rings is 1. The molecule has 0 fully saturated rings. The van der Waals surface area contributed by atoms with Crippen LogP contribution in [0.2, 0.25) is 5.02 Å². The molecule has 0 aliphatic heterocycles. The number of carbonyl (C=O) groups excluding carboxylic acids is 2. The number of halogens is 2. The van der Waals surface area contributed by atoms with Crippen LogP contribution in [0.4, 0.5) is 10.1 Å². The first-order valence-electron chi connectivity index (χ1n) is 6.55. The van der Waals surface area contributed by atoms with E-state index in [2.05, 4.69) is 10.6 Å². The SMILES string of the molecule is C[C@H](CNC(=O)C(=O)Nc1ccc(F)c(Cl)c1)c1cccs1. The van der Waals surface area contributed by atoms with Crippen molar-refractivity contribution in [1.29, 1.82) is 0 Å². The van der Waals surface area contributed by atoms with Crippen molar-refractivity contribution < 1.29 is 14.0 Å². The quantitative estimate of drug-likeness (QED) is 0.838. The molecule has 116 valence electrons. The van der Waals surface area contributed by atoms with Crippen LogP contribution < -0.4 is 10.6 Å². The van der Waals surface area contributed by atoms with E-state index >= 15 is 0 Å². The molecule has 0 saturated heterocycles. The molecule has 4 nitrogen and oxygen atoms in total. The smallest absolute Gasteiger partial charge is 0.313 e. The Labute approximate surface area is 136 Å². The Morgan fingerprint density at radius 1 is 1.32 bits per heavy atom. The Kier molecular flexibility index (Phi) is 5.51. The van der Waals surface area contributed by atoms with Crippen LogP contribution in [-0.4, -0.2) is 18.4 Å². The maximum atomic E-state index is 13.0. The van der Waals surface area contributed by atoms with Gasteiger partial charge >= 0.3 is 11.8 Å². The molecule has 0 spiro atoms. The molecule has 0 bridgehead atoms. The van der Waals surface area contributed by atoms with Crippen LogP contribution in [0.15, 0.2) is 35.7 Å². The summed E-state index contributed by atoms with van der Waals surface area (Å²) >= 11 is 7.21. The molecule has 0 aliphatic carbocycles. The molecule has 0 aliphatic rings. The molecule has 0 saturated carbocycles. The van der Waals surface area contributed by atoms with Crippen molar-refractivity contribution >= 4 is 40.4 Å². The zero-order valence-electron chi connectivity index (χ0n) is 11.7. The first kappa shape index (κ1) is 16.5. The average molecular weight is 341 g/mol. The van der Waals surface area contributed by atoms with Crippen molar-refractivity contribution in [3.63, 3.8) is 0 Å². The lowest BCUT2D eigenvalue weighted by Gasteiger charge is -2.11. The zero-order valence-corrected chi connectivity index (χ0v) is 13.3. The highest BCUT2D eigenvalue weighted by Gasteiger charge is 2.16. The first-order chi connectivity index (χ1) is 10.5. The van der Waals surface area contributed by atoms with Gasteiger partial charge in [-0.3, -0.25) is 9.59 Å². The molecule has 22 heavy (non-hydrogen) atoms. The lowest BCUT2D eigenvalue weighted by Crippen LogP contribution is -2.37. The minimum absolute atomic E-state index is 0.121. The van der Waals surface area contributed by atoms with Gasteiger partial charge in [0.2, 0.25) is 0 Å². The molecule has 1 aromatic carbocycles. The van der Waals surface area contributed by atoms with Crippen LogP contribution in [0.1, 0.15) is 17.7 Å². The molecular formula is C15H14ClFN2O2S.